The average molecular weight is 301 g/mol. The molecule has 2 nitrogen and oxygen atoms in total. The van der Waals surface area contributed by atoms with Crippen molar-refractivity contribution in [3.63, 3.8) is 0 Å². The molecule has 0 amide bonds. The first-order valence-corrected chi connectivity index (χ1v) is 7.39. The third-order valence-corrected chi connectivity index (χ3v) is 4.34. The SMILES string of the molecule is CCC(N)Cc1nc(-c2ccc(Cl)c(Cl)c2)cs1. The van der Waals surface area contributed by atoms with Gasteiger partial charge in [-0.3, -0.25) is 0 Å². The quantitative estimate of drug-likeness (QED) is 0.909. The van der Waals surface area contributed by atoms with Crippen LogP contribution in [0.4, 0.5) is 0 Å². The molecule has 2 aromatic rings. The zero-order valence-corrected chi connectivity index (χ0v) is 12.3. The van der Waals surface area contributed by atoms with Gasteiger partial charge in [-0.25, -0.2) is 4.98 Å². The summed E-state index contributed by atoms with van der Waals surface area (Å²) >= 11 is 13.5. The summed E-state index contributed by atoms with van der Waals surface area (Å²) < 4.78 is 0. The first-order valence-electron chi connectivity index (χ1n) is 5.75. The van der Waals surface area contributed by atoms with E-state index in [2.05, 4.69) is 11.9 Å². The van der Waals surface area contributed by atoms with Crippen LogP contribution in [0.15, 0.2) is 23.6 Å². The van der Waals surface area contributed by atoms with Gasteiger partial charge in [0.2, 0.25) is 0 Å². The van der Waals surface area contributed by atoms with Gasteiger partial charge in [0.05, 0.1) is 20.7 Å². The van der Waals surface area contributed by atoms with Crippen LogP contribution in [0.1, 0.15) is 18.4 Å². The molecule has 1 aromatic carbocycles. The van der Waals surface area contributed by atoms with Gasteiger partial charge >= 0.3 is 0 Å². The molecule has 0 aliphatic heterocycles. The third kappa shape index (κ3) is 3.23. The molecule has 0 bridgehead atoms. The zero-order valence-electron chi connectivity index (χ0n) is 9.99. The lowest BCUT2D eigenvalue weighted by atomic mass is 10.1. The fourth-order valence-electron chi connectivity index (χ4n) is 1.56. The number of hydrogen-bond donors (Lipinski definition) is 1. The largest absolute Gasteiger partial charge is 0.327 e. The maximum absolute atomic E-state index is 6.00. The Morgan fingerprint density at radius 2 is 2.11 bits per heavy atom. The predicted molar refractivity (Wildman–Crippen MR) is 79.5 cm³/mol. The first kappa shape index (κ1) is 13.8. The smallest absolute Gasteiger partial charge is 0.0948 e. The number of aromatic nitrogens is 1. The van der Waals surface area contributed by atoms with E-state index in [1.54, 1.807) is 17.4 Å². The zero-order chi connectivity index (χ0) is 13.1. The molecule has 0 radical (unpaired) electrons. The van der Waals surface area contributed by atoms with Gasteiger partial charge in [0.1, 0.15) is 0 Å². The van der Waals surface area contributed by atoms with Gasteiger partial charge in [0.15, 0.2) is 0 Å². The molecule has 0 fully saturated rings. The highest BCUT2D eigenvalue weighted by Gasteiger charge is 2.09. The molecule has 0 aliphatic rings. The molecule has 18 heavy (non-hydrogen) atoms. The third-order valence-electron chi connectivity index (χ3n) is 2.73. The number of nitrogens with two attached hydrogens (primary N) is 1. The van der Waals surface area contributed by atoms with E-state index < -0.39 is 0 Å². The van der Waals surface area contributed by atoms with Crippen molar-refractivity contribution in [3.8, 4) is 11.3 Å². The minimum atomic E-state index is 0.179. The Morgan fingerprint density at radius 3 is 2.78 bits per heavy atom. The summed E-state index contributed by atoms with van der Waals surface area (Å²) in [6, 6.07) is 5.73. The van der Waals surface area contributed by atoms with Crippen molar-refractivity contribution in [1.82, 2.24) is 4.98 Å². The van der Waals surface area contributed by atoms with E-state index in [0.29, 0.717) is 10.0 Å². The standard InChI is InChI=1S/C13H14Cl2N2S/c1-2-9(16)6-13-17-12(7-18-13)8-3-4-10(14)11(15)5-8/h3-5,7,9H,2,6,16H2,1H3. The topological polar surface area (TPSA) is 38.9 Å². The summed E-state index contributed by atoms with van der Waals surface area (Å²) in [4.78, 5) is 4.58. The number of halogens is 2. The summed E-state index contributed by atoms with van der Waals surface area (Å²) in [6.07, 6.45) is 1.78. The highest BCUT2D eigenvalue weighted by atomic mass is 35.5. The molecule has 5 heteroatoms. The lowest BCUT2D eigenvalue weighted by Crippen LogP contribution is -2.21. The van der Waals surface area contributed by atoms with E-state index in [9.17, 15) is 0 Å². The van der Waals surface area contributed by atoms with Crippen LogP contribution in [-0.4, -0.2) is 11.0 Å². The van der Waals surface area contributed by atoms with Crippen molar-refractivity contribution < 1.29 is 0 Å². The molecule has 0 aliphatic carbocycles. The van der Waals surface area contributed by atoms with Crippen LogP contribution in [0.2, 0.25) is 10.0 Å². The summed E-state index contributed by atoms with van der Waals surface area (Å²) in [5.74, 6) is 0. The second kappa shape index (κ2) is 6.02. The van der Waals surface area contributed by atoms with Crippen molar-refractivity contribution in [3.05, 3.63) is 38.6 Å². The molecule has 0 saturated heterocycles. The van der Waals surface area contributed by atoms with Crippen LogP contribution < -0.4 is 5.73 Å². The minimum Gasteiger partial charge on any atom is -0.327 e. The van der Waals surface area contributed by atoms with Crippen molar-refractivity contribution in [2.45, 2.75) is 25.8 Å². The van der Waals surface area contributed by atoms with E-state index in [0.717, 1.165) is 29.1 Å². The van der Waals surface area contributed by atoms with Crippen molar-refractivity contribution in [2.75, 3.05) is 0 Å². The number of hydrogen-bond acceptors (Lipinski definition) is 3. The van der Waals surface area contributed by atoms with Crippen LogP contribution in [0.5, 0.6) is 0 Å². The van der Waals surface area contributed by atoms with Crippen LogP contribution in [0, 0.1) is 0 Å². The number of rotatable bonds is 4. The first-order chi connectivity index (χ1) is 8.60. The predicted octanol–water partition coefficient (Wildman–Crippen LogP) is 4.40. The van der Waals surface area contributed by atoms with Crippen LogP contribution >= 0.6 is 34.5 Å². The van der Waals surface area contributed by atoms with Crippen molar-refractivity contribution in [2.24, 2.45) is 5.73 Å². The van der Waals surface area contributed by atoms with E-state index in [1.807, 2.05) is 17.5 Å². The number of benzene rings is 1. The Bertz CT molecular complexity index is 540. The van der Waals surface area contributed by atoms with Crippen LogP contribution in [-0.2, 0) is 6.42 Å². The maximum atomic E-state index is 6.00. The Balaban J connectivity index is 2.21. The van der Waals surface area contributed by atoms with E-state index in [4.69, 9.17) is 28.9 Å². The highest BCUT2D eigenvalue weighted by molar-refractivity contribution is 7.09. The molecule has 1 aromatic heterocycles. The van der Waals surface area contributed by atoms with Gasteiger partial charge < -0.3 is 5.73 Å². The summed E-state index contributed by atoms with van der Waals surface area (Å²) in [6.45, 7) is 2.08. The lowest BCUT2D eigenvalue weighted by molar-refractivity contribution is 0.644. The second-order valence-electron chi connectivity index (χ2n) is 4.13. The average Bonchev–Trinajstić information content (AvgIpc) is 2.81. The van der Waals surface area contributed by atoms with Gasteiger partial charge in [0.25, 0.3) is 0 Å². The Hall–Kier alpha value is -0.610. The van der Waals surface area contributed by atoms with Gasteiger partial charge in [0, 0.05) is 23.4 Å². The molecule has 1 heterocycles. The number of nitrogens with zero attached hydrogens (tertiary/aromatic N) is 1. The van der Waals surface area contributed by atoms with Crippen molar-refractivity contribution in [1.29, 1.82) is 0 Å². The van der Waals surface area contributed by atoms with Crippen LogP contribution in [0.25, 0.3) is 11.3 Å². The van der Waals surface area contributed by atoms with Gasteiger partial charge in [-0.2, -0.15) is 0 Å². The van der Waals surface area contributed by atoms with Crippen molar-refractivity contribution >= 4 is 34.5 Å². The molecule has 2 N–H and O–H groups in total. The molecule has 1 unspecified atom stereocenters. The molecule has 0 saturated carbocycles. The van der Waals surface area contributed by atoms with Gasteiger partial charge in [-0.1, -0.05) is 36.2 Å². The molecule has 1 atom stereocenters. The second-order valence-corrected chi connectivity index (χ2v) is 5.88. The molecular weight excluding hydrogens is 287 g/mol. The van der Waals surface area contributed by atoms with Crippen LogP contribution in [0.3, 0.4) is 0 Å². The lowest BCUT2D eigenvalue weighted by Gasteiger charge is -2.04. The summed E-state index contributed by atoms with van der Waals surface area (Å²) in [5.41, 5.74) is 7.84. The van der Waals surface area contributed by atoms with E-state index >= 15 is 0 Å². The molecular formula is C13H14Cl2N2S. The summed E-state index contributed by atoms with van der Waals surface area (Å²) in [5, 5.41) is 4.19. The monoisotopic (exact) mass is 300 g/mol. The maximum Gasteiger partial charge on any atom is 0.0948 e. The highest BCUT2D eigenvalue weighted by Crippen LogP contribution is 2.29. The van der Waals surface area contributed by atoms with Gasteiger partial charge in [-0.15, -0.1) is 11.3 Å². The fourth-order valence-corrected chi connectivity index (χ4v) is 2.76. The molecule has 0 spiro atoms. The fraction of sp³-hybridized carbons (Fsp3) is 0.308. The minimum absolute atomic E-state index is 0.179. The molecule has 96 valence electrons. The van der Waals surface area contributed by atoms with E-state index in [1.165, 1.54) is 0 Å². The normalized spacial score (nSPS) is 12.7. The Kier molecular flexibility index (Phi) is 4.62. The number of thiazole rings is 1. The summed E-state index contributed by atoms with van der Waals surface area (Å²) in [7, 11) is 0. The Morgan fingerprint density at radius 1 is 1.33 bits per heavy atom. The Labute approximate surface area is 121 Å². The van der Waals surface area contributed by atoms with E-state index in [-0.39, 0.29) is 6.04 Å². The van der Waals surface area contributed by atoms with Gasteiger partial charge in [-0.05, 0) is 18.6 Å². The molecule has 2 rings (SSSR count).